The highest BCUT2D eigenvalue weighted by atomic mass is 32.2. The number of nitrogens with one attached hydrogen (secondary N) is 1. The monoisotopic (exact) mass is 422 g/mol. The number of rotatable bonds is 6. The van der Waals surface area contributed by atoms with E-state index in [1.165, 1.54) is 0 Å². The molecule has 154 valence electrons. The summed E-state index contributed by atoms with van der Waals surface area (Å²) in [5, 5.41) is 0. The van der Waals surface area contributed by atoms with Crippen LogP contribution in [0, 0.1) is 0 Å². The average Bonchev–Trinajstić information content (AvgIpc) is 3.21. The van der Waals surface area contributed by atoms with Crippen molar-refractivity contribution in [1.29, 1.82) is 0 Å². The van der Waals surface area contributed by atoms with Crippen molar-refractivity contribution >= 4 is 21.6 Å². The molecule has 1 aliphatic heterocycles. The third-order valence-corrected chi connectivity index (χ3v) is 6.55. The molecule has 1 aliphatic rings. The predicted octanol–water partition coefficient (Wildman–Crippen LogP) is 3.38. The van der Waals surface area contributed by atoms with Gasteiger partial charge in [-0.25, -0.2) is 13.1 Å². The molecule has 1 amide bonds. The molecule has 0 spiro atoms. The van der Waals surface area contributed by atoms with Crippen LogP contribution in [0.5, 0.6) is 5.75 Å². The van der Waals surface area contributed by atoms with Crippen LogP contribution in [0.1, 0.15) is 21.5 Å². The first-order valence-electron chi connectivity index (χ1n) is 9.60. The number of ether oxygens (including phenoxy) is 1. The van der Waals surface area contributed by atoms with Crippen LogP contribution in [-0.2, 0) is 23.0 Å². The van der Waals surface area contributed by atoms with Crippen molar-refractivity contribution in [3.05, 3.63) is 89.5 Å². The SMILES string of the molecule is COc1ccc(CNS(=O)(=O)c2ccc3c(c2)CCN3C(=O)c2ccccc2)cc1. The molecule has 6 nitrogen and oxygen atoms in total. The number of hydrogen-bond donors (Lipinski definition) is 1. The Labute approximate surface area is 176 Å². The summed E-state index contributed by atoms with van der Waals surface area (Å²) in [6.45, 7) is 0.716. The largest absolute Gasteiger partial charge is 0.497 e. The highest BCUT2D eigenvalue weighted by molar-refractivity contribution is 7.89. The smallest absolute Gasteiger partial charge is 0.258 e. The van der Waals surface area contributed by atoms with Crippen LogP contribution >= 0.6 is 0 Å². The maximum Gasteiger partial charge on any atom is 0.258 e. The summed E-state index contributed by atoms with van der Waals surface area (Å²) in [6.07, 6.45) is 0.621. The highest BCUT2D eigenvalue weighted by Crippen LogP contribution is 2.31. The Morgan fingerprint density at radius 3 is 2.47 bits per heavy atom. The quantitative estimate of drug-likeness (QED) is 0.661. The molecule has 7 heteroatoms. The third-order valence-electron chi connectivity index (χ3n) is 5.15. The van der Waals surface area contributed by atoms with Gasteiger partial charge in [-0.15, -0.1) is 0 Å². The average molecular weight is 423 g/mol. The molecule has 30 heavy (non-hydrogen) atoms. The number of benzene rings is 3. The van der Waals surface area contributed by atoms with Gasteiger partial charge < -0.3 is 9.64 Å². The lowest BCUT2D eigenvalue weighted by molar-refractivity contribution is 0.0989. The van der Waals surface area contributed by atoms with Crippen molar-refractivity contribution in [2.24, 2.45) is 0 Å². The van der Waals surface area contributed by atoms with E-state index < -0.39 is 10.0 Å². The molecule has 3 aromatic rings. The summed E-state index contributed by atoms with van der Waals surface area (Å²) in [4.78, 5) is 14.7. The topological polar surface area (TPSA) is 75.7 Å². The van der Waals surface area contributed by atoms with Crippen molar-refractivity contribution in [3.63, 3.8) is 0 Å². The van der Waals surface area contributed by atoms with Crippen molar-refractivity contribution in [1.82, 2.24) is 4.72 Å². The van der Waals surface area contributed by atoms with Crippen molar-refractivity contribution in [3.8, 4) is 5.75 Å². The number of amides is 1. The van der Waals surface area contributed by atoms with Crippen LogP contribution in [-0.4, -0.2) is 28.0 Å². The van der Waals surface area contributed by atoms with Gasteiger partial charge in [-0.3, -0.25) is 4.79 Å². The summed E-state index contributed by atoms with van der Waals surface area (Å²) in [6, 6.07) is 21.2. The molecule has 4 rings (SSSR count). The molecule has 0 aromatic heterocycles. The molecule has 0 bridgehead atoms. The van der Waals surface area contributed by atoms with E-state index in [0.717, 1.165) is 22.6 Å². The van der Waals surface area contributed by atoms with E-state index in [0.29, 0.717) is 18.5 Å². The number of sulfonamides is 1. The number of methoxy groups -OCH3 is 1. The molecule has 0 unspecified atom stereocenters. The molecule has 0 atom stereocenters. The first kappa shape index (κ1) is 20.1. The van der Waals surface area contributed by atoms with Crippen LogP contribution < -0.4 is 14.4 Å². The summed E-state index contributed by atoms with van der Waals surface area (Å²) in [5.41, 5.74) is 3.06. The van der Waals surface area contributed by atoms with Gasteiger partial charge in [0.05, 0.1) is 12.0 Å². The summed E-state index contributed by atoms with van der Waals surface area (Å²) >= 11 is 0. The molecule has 0 radical (unpaired) electrons. The van der Waals surface area contributed by atoms with Gasteiger partial charge in [-0.05, 0) is 60.0 Å². The number of carbonyl (C=O) groups is 1. The highest BCUT2D eigenvalue weighted by Gasteiger charge is 2.27. The maximum absolute atomic E-state index is 12.8. The van der Waals surface area contributed by atoms with Crippen LogP contribution in [0.2, 0.25) is 0 Å². The Morgan fingerprint density at radius 2 is 1.77 bits per heavy atom. The van der Waals surface area contributed by atoms with Crippen LogP contribution in [0.3, 0.4) is 0 Å². The number of anilines is 1. The lowest BCUT2D eigenvalue weighted by Crippen LogP contribution is -2.28. The van der Waals surface area contributed by atoms with E-state index in [1.54, 1.807) is 54.5 Å². The molecule has 1 heterocycles. The second kappa shape index (κ2) is 8.30. The molecular weight excluding hydrogens is 400 g/mol. The lowest BCUT2D eigenvalue weighted by Gasteiger charge is -2.17. The molecular formula is C23H22N2O4S. The molecule has 3 aromatic carbocycles. The molecule has 0 aliphatic carbocycles. The lowest BCUT2D eigenvalue weighted by atomic mass is 10.1. The first-order chi connectivity index (χ1) is 14.5. The van der Waals surface area contributed by atoms with E-state index in [2.05, 4.69) is 4.72 Å². The van der Waals surface area contributed by atoms with Crippen LogP contribution in [0.4, 0.5) is 5.69 Å². The van der Waals surface area contributed by atoms with Crippen molar-refractivity contribution in [2.45, 2.75) is 17.9 Å². The maximum atomic E-state index is 12.8. The van der Waals surface area contributed by atoms with E-state index in [4.69, 9.17) is 4.74 Å². The summed E-state index contributed by atoms with van der Waals surface area (Å²) in [7, 11) is -2.09. The minimum absolute atomic E-state index is 0.0809. The fourth-order valence-corrected chi connectivity index (χ4v) is 4.57. The first-order valence-corrected chi connectivity index (χ1v) is 11.1. The fourth-order valence-electron chi connectivity index (χ4n) is 3.50. The zero-order valence-electron chi connectivity index (χ0n) is 16.5. The number of fused-ring (bicyclic) bond motifs is 1. The standard InChI is InChI=1S/C23H22N2O4S/c1-29-20-9-7-17(8-10-20)16-24-30(27,28)21-11-12-22-19(15-21)13-14-25(22)23(26)18-5-3-2-4-6-18/h2-12,15,24H,13-14,16H2,1H3. The third kappa shape index (κ3) is 4.08. The molecule has 1 N–H and O–H groups in total. The fraction of sp³-hybridized carbons (Fsp3) is 0.174. The second-order valence-corrected chi connectivity index (χ2v) is 8.80. The molecule has 0 fully saturated rings. The Morgan fingerprint density at radius 1 is 1.03 bits per heavy atom. The Kier molecular flexibility index (Phi) is 5.57. The normalized spacial score (nSPS) is 13.2. The van der Waals surface area contributed by atoms with Gasteiger partial charge >= 0.3 is 0 Å². The number of nitrogens with zero attached hydrogens (tertiary/aromatic N) is 1. The summed E-state index contributed by atoms with van der Waals surface area (Å²) in [5.74, 6) is 0.637. The minimum Gasteiger partial charge on any atom is -0.497 e. The van der Waals surface area contributed by atoms with E-state index in [9.17, 15) is 13.2 Å². The summed E-state index contributed by atoms with van der Waals surface area (Å²) < 4.78 is 33.2. The molecule has 0 saturated heterocycles. The van der Waals surface area contributed by atoms with Gasteiger partial charge in [0.1, 0.15) is 5.75 Å². The number of hydrogen-bond acceptors (Lipinski definition) is 4. The van der Waals surface area contributed by atoms with Crippen molar-refractivity contribution < 1.29 is 17.9 Å². The Balaban J connectivity index is 1.50. The zero-order valence-corrected chi connectivity index (χ0v) is 17.4. The van der Waals surface area contributed by atoms with E-state index >= 15 is 0 Å². The van der Waals surface area contributed by atoms with E-state index in [1.807, 2.05) is 30.3 Å². The van der Waals surface area contributed by atoms with Gasteiger partial charge in [0.15, 0.2) is 0 Å². The Bertz CT molecular complexity index is 1160. The van der Waals surface area contributed by atoms with Gasteiger partial charge in [0.2, 0.25) is 10.0 Å². The van der Waals surface area contributed by atoms with Crippen molar-refractivity contribution in [2.75, 3.05) is 18.6 Å². The van der Waals surface area contributed by atoms with E-state index in [-0.39, 0.29) is 17.3 Å². The number of carbonyl (C=O) groups excluding carboxylic acids is 1. The van der Waals surface area contributed by atoms with Gasteiger partial charge in [0.25, 0.3) is 5.91 Å². The Hall–Kier alpha value is -3.16. The van der Waals surface area contributed by atoms with Gasteiger partial charge in [0, 0.05) is 24.3 Å². The van der Waals surface area contributed by atoms with Gasteiger partial charge in [-0.2, -0.15) is 0 Å². The molecule has 0 saturated carbocycles. The zero-order chi connectivity index (χ0) is 21.1. The van der Waals surface area contributed by atoms with Crippen LogP contribution in [0.15, 0.2) is 77.7 Å². The minimum atomic E-state index is -3.67. The van der Waals surface area contributed by atoms with Crippen LogP contribution in [0.25, 0.3) is 0 Å². The predicted molar refractivity (Wildman–Crippen MR) is 115 cm³/mol. The second-order valence-electron chi connectivity index (χ2n) is 7.04. The van der Waals surface area contributed by atoms with Gasteiger partial charge in [-0.1, -0.05) is 30.3 Å².